The molecular formula is C15H25Cl2N5O. The van der Waals surface area contributed by atoms with Crippen LogP contribution in [0.4, 0.5) is 5.82 Å². The van der Waals surface area contributed by atoms with E-state index in [2.05, 4.69) is 32.5 Å². The zero-order chi connectivity index (χ0) is 14.7. The molecule has 1 amide bonds. The fourth-order valence-electron chi connectivity index (χ4n) is 2.81. The molecular weight excluding hydrogens is 337 g/mol. The minimum atomic E-state index is 0. The SMILES string of the molecule is CN1CCN(c2cc(C(=O)NC3CCNC3)ccn2)CC1.Cl.Cl. The highest BCUT2D eigenvalue weighted by molar-refractivity contribution is 5.95. The molecule has 0 saturated carbocycles. The Bertz CT molecular complexity index is 502. The largest absolute Gasteiger partial charge is 0.354 e. The lowest BCUT2D eigenvalue weighted by atomic mass is 10.2. The Morgan fingerprint density at radius 2 is 2.04 bits per heavy atom. The number of pyridine rings is 1. The standard InChI is InChI=1S/C15H23N5O.2ClH/c1-19-6-8-20(9-7-19)14-10-12(2-5-17-14)15(21)18-13-3-4-16-11-13;;/h2,5,10,13,16H,3-4,6-9,11H2,1H3,(H,18,21);2*1H. The Balaban J connectivity index is 0.00000132. The van der Waals surface area contributed by atoms with Crippen LogP contribution >= 0.6 is 24.8 Å². The van der Waals surface area contributed by atoms with Crippen molar-refractivity contribution >= 4 is 36.5 Å². The molecule has 3 rings (SSSR count). The van der Waals surface area contributed by atoms with Crippen LogP contribution in [-0.4, -0.2) is 68.1 Å². The Hall–Kier alpha value is -1.08. The maximum Gasteiger partial charge on any atom is 0.251 e. The molecule has 8 heteroatoms. The molecule has 2 fully saturated rings. The van der Waals surface area contributed by atoms with Crippen LogP contribution in [0.25, 0.3) is 0 Å². The molecule has 2 aliphatic heterocycles. The molecule has 2 saturated heterocycles. The summed E-state index contributed by atoms with van der Waals surface area (Å²) in [6, 6.07) is 3.94. The number of nitrogens with zero attached hydrogens (tertiary/aromatic N) is 3. The fourth-order valence-corrected chi connectivity index (χ4v) is 2.81. The van der Waals surface area contributed by atoms with Gasteiger partial charge in [-0.15, -0.1) is 24.8 Å². The predicted molar refractivity (Wildman–Crippen MR) is 97.2 cm³/mol. The van der Waals surface area contributed by atoms with Gasteiger partial charge in [0.1, 0.15) is 5.82 Å². The third kappa shape index (κ3) is 5.21. The molecule has 6 nitrogen and oxygen atoms in total. The van der Waals surface area contributed by atoms with Gasteiger partial charge < -0.3 is 20.4 Å². The van der Waals surface area contributed by atoms with Crippen LogP contribution in [0.15, 0.2) is 18.3 Å². The molecule has 130 valence electrons. The van der Waals surface area contributed by atoms with E-state index >= 15 is 0 Å². The van der Waals surface area contributed by atoms with Gasteiger partial charge in [-0.2, -0.15) is 0 Å². The minimum Gasteiger partial charge on any atom is -0.354 e. The van der Waals surface area contributed by atoms with Crippen molar-refractivity contribution in [2.75, 3.05) is 51.2 Å². The topological polar surface area (TPSA) is 60.5 Å². The zero-order valence-electron chi connectivity index (χ0n) is 13.3. The molecule has 2 N–H and O–H groups in total. The number of carbonyl (C=O) groups excluding carboxylic acids is 1. The van der Waals surface area contributed by atoms with Crippen molar-refractivity contribution < 1.29 is 4.79 Å². The Labute approximate surface area is 149 Å². The molecule has 0 bridgehead atoms. The van der Waals surface area contributed by atoms with E-state index in [0.29, 0.717) is 5.56 Å². The normalized spacial score (nSPS) is 21.3. The van der Waals surface area contributed by atoms with E-state index in [9.17, 15) is 4.79 Å². The number of likely N-dealkylation sites (N-methyl/N-ethyl adjacent to an activating group) is 1. The third-order valence-corrected chi connectivity index (χ3v) is 4.23. The predicted octanol–water partition coefficient (Wildman–Crippen LogP) is 0.769. The van der Waals surface area contributed by atoms with E-state index < -0.39 is 0 Å². The first-order valence-corrected chi connectivity index (χ1v) is 7.63. The molecule has 23 heavy (non-hydrogen) atoms. The average Bonchev–Trinajstić information content (AvgIpc) is 3.01. The number of aromatic nitrogens is 1. The lowest BCUT2D eigenvalue weighted by Gasteiger charge is -2.33. The minimum absolute atomic E-state index is 0. The van der Waals surface area contributed by atoms with Crippen LogP contribution in [0.3, 0.4) is 0 Å². The van der Waals surface area contributed by atoms with E-state index in [1.165, 1.54) is 0 Å². The third-order valence-electron chi connectivity index (χ3n) is 4.23. The first-order valence-electron chi connectivity index (χ1n) is 7.63. The van der Waals surface area contributed by atoms with E-state index in [-0.39, 0.29) is 36.8 Å². The van der Waals surface area contributed by atoms with E-state index in [0.717, 1.165) is 51.5 Å². The highest BCUT2D eigenvalue weighted by atomic mass is 35.5. The first-order chi connectivity index (χ1) is 10.2. The smallest absolute Gasteiger partial charge is 0.251 e. The summed E-state index contributed by atoms with van der Waals surface area (Å²) in [4.78, 5) is 21.3. The number of piperazine rings is 1. The van der Waals surface area contributed by atoms with E-state index in [4.69, 9.17) is 0 Å². The van der Waals surface area contributed by atoms with Gasteiger partial charge in [0.05, 0.1) is 0 Å². The summed E-state index contributed by atoms with van der Waals surface area (Å²) in [7, 11) is 2.13. The lowest BCUT2D eigenvalue weighted by molar-refractivity contribution is 0.0940. The maximum atomic E-state index is 12.3. The summed E-state index contributed by atoms with van der Waals surface area (Å²) in [6.07, 6.45) is 2.73. The molecule has 0 aliphatic carbocycles. The summed E-state index contributed by atoms with van der Waals surface area (Å²) >= 11 is 0. The van der Waals surface area contributed by atoms with Gasteiger partial charge in [0.15, 0.2) is 0 Å². The van der Waals surface area contributed by atoms with Gasteiger partial charge >= 0.3 is 0 Å². The van der Waals surface area contributed by atoms with Crippen LogP contribution in [0.5, 0.6) is 0 Å². The van der Waals surface area contributed by atoms with Crippen molar-refractivity contribution in [1.29, 1.82) is 0 Å². The van der Waals surface area contributed by atoms with Crippen molar-refractivity contribution in [2.45, 2.75) is 12.5 Å². The van der Waals surface area contributed by atoms with Crippen LogP contribution in [0.1, 0.15) is 16.8 Å². The number of hydrogen-bond acceptors (Lipinski definition) is 5. The number of hydrogen-bond donors (Lipinski definition) is 2. The van der Waals surface area contributed by atoms with Crippen molar-refractivity contribution in [3.05, 3.63) is 23.9 Å². The Morgan fingerprint density at radius 3 is 2.70 bits per heavy atom. The molecule has 2 aliphatic rings. The summed E-state index contributed by atoms with van der Waals surface area (Å²) in [5.74, 6) is 0.904. The van der Waals surface area contributed by atoms with Crippen molar-refractivity contribution in [1.82, 2.24) is 20.5 Å². The second kappa shape index (κ2) is 9.27. The summed E-state index contributed by atoms with van der Waals surface area (Å²) in [5, 5.41) is 6.33. The number of carbonyl (C=O) groups is 1. The number of nitrogens with one attached hydrogen (secondary N) is 2. The second-order valence-corrected chi connectivity index (χ2v) is 5.86. The molecule has 3 heterocycles. The molecule has 1 unspecified atom stereocenters. The number of rotatable bonds is 3. The second-order valence-electron chi connectivity index (χ2n) is 5.86. The Kier molecular flexibility index (Phi) is 8.05. The van der Waals surface area contributed by atoms with Gasteiger partial charge in [0.25, 0.3) is 5.91 Å². The molecule has 0 aromatic carbocycles. The van der Waals surface area contributed by atoms with Crippen LogP contribution in [-0.2, 0) is 0 Å². The lowest BCUT2D eigenvalue weighted by Crippen LogP contribution is -2.45. The zero-order valence-corrected chi connectivity index (χ0v) is 15.0. The molecule has 0 radical (unpaired) electrons. The van der Waals surface area contributed by atoms with Crippen LogP contribution < -0.4 is 15.5 Å². The van der Waals surface area contributed by atoms with Crippen molar-refractivity contribution in [2.24, 2.45) is 0 Å². The maximum absolute atomic E-state index is 12.3. The van der Waals surface area contributed by atoms with Gasteiger partial charge in [-0.05, 0) is 32.1 Å². The van der Waals surface area contributed by atoms with Gasteiger partial charge in [0, 0.05) is 50.5 Å². The van der Waals surface area contributed by atoms with Crippen LogP contribution in [0, 0.1) is 0 Å². The monoisotopic (exact) mass is 361 g/mol. The average molecular weight is 362 g/mol. The van der Waals surface area contributed by atoms with E-state index in [1.54, 1.807) is 12.3 Å². The quantitative estimate of drug-likeness (QED) is 0.832. The van der Waals surface area contributed by atoms with Crippen LogP contribution in [0.2, 0.25) is 0 Å². The molecule has 1 aromatic heterocycles. The van der Waals surface area contributed by atoms with Gasteiger partial charge in [-0.1, -0.05) is 0 Å². The van der Waals surface area contributed by atoms with E-state index in [1.807, 2.05) is 6.07 Å². The summed E-state index contributed by atoms with van der Waals surface area (Å²) in [5.41, 5.74) is 0.700. The van der Waals surface area contributed by atoms with Crippen molar-refractivity contribution in [3.63, 3.8) is 0 Å². The molecule has 0 spiro atoms. The van der Waals surface area contributed by atoms with Gasteiger partial charge in [-0.3, -0.25) is 4.79 Å². The molecule has 1 aromatic rings. The highest BCUT2D eigenvalue weighted by Gasteiger charge is 2.19. The number of anilines is 1. The Morgan fingerprint density at radius 1 is 1.30 bits per heavy atom. The summed E-state index contributed by atoms with van der Waals surface area (Å²) in [6.45, 7) is 5.83. The highest BCUT2D eigenvalue weighted by Crippen LogP contribution is 2.15. The van der Waals surface area contributed by atoms with Gasteiger partial charge in [-0.25, -0.2) is 4.98 Å². The fraction of sp³-hybridized carbons (Fsp3) is 0.600. The van der Waals surface area contributed by atoms with Gasteiger partial charge in [0.2, 0.25) is 0 Å². The first kappa shape index (κ1) is 20.0. The molecule has 1 atom stereocenters. The number of amides is 1. The number of halogens is 2. The van der Waals surface area contributed by atoms with Crippen molar-refractivity contribution in [3.8, 4) is 0 Å². The summed E-state index contributed by atoms with van der Waals surface area (Å²) < 4.78 is 0.